The van der Waals surface area contributed by atoms with E-state index < -0.39 is 5.82 Å². The van der Waals surface area contributed by atoms with Crippen LogP contribution in [0.2, 0.25) is 0 Å². The van der Waals surface area contributed by atoms with E-state index >= 15 is 0 Å². The van der Waals surface area contributed by atoms with Crippen molar-refractivity contribution < 1.29 is 9.13 Å². The third-order valence-electron chi connectivity index (χ3n) is 2.84. The second-order valence-electron chi connectivity index (χ2n) is 4.31. The molecule has 0 aliphatic carbocycles. The Morgan fingerprint density at radius 3 is 3.00 bits per heavy atom. The van der Waals surface area contributed by atoms with Gasteiger partial charge < -0.3 is 10.5 Å². The van der Waals surface area contributed by atoms with Crippen LogP contribution >= 0.6 is 11.3 Å². The first-order chi connectivity index (χ1) is 9.54. The summed E-state index contributed by atoms with van der Waals surface area (Å²) in [6.07, 6.45) is 0.997. The number of hydrogen-bond donors (Lipinski definition) is 1. The Morgan fingerprint density at radius 1 is 1.50 bits per heavy atom. The zero-order chi connectivity index (χ0) is 14.3. The first kappa shape index (κ1) is 12.8. The van der Waals surface area contributed by atoms with Crippen molar-refractivity contribution in [3.05, 3.63) is 28.7 Å². The Hall–Kier alpha value is -2.22. The molecule has 3 aromatic rings. The molecule has 0 atom stereocenters. The molecule has 0 aliphatic heterocycles. The average Bonchev–Trinajstić information content (AvgIpc) is 2.94. The lowest BCUT2D eigenvalue weighted by molar-refractivity contribution is 0.283. The van der Waals surface area contributed by atoms with Crippen molar-refractivity contribution in [3.63, 3.8) is 0 Å². The standard InChI is InChI=1S/C12H12FN5OS/c1-6-8-3-7(20-11(8)18(2)17-6)5-19-12-15-4-9(13)10(14)16-12/h3-4H,5H2,1-2H3,(H2,14,15,16). The van der Waals surface area contributed by atoms with E-state index in [2.05, 4.69) is 15.1 Å². The van der Waals surface area contributed by atoms with E-state index in [0.717, 1.165) is 27.0 Å². The number of aromatic nitrogens is 4. The summed E-state index contributed by atoms with van der Waals surface area (Å²) < 4.78 is 20.2. The number of nitrogen functional groups attached to an aromatic ring is 1. The van der Waals surface area contributed by atoms with Crippen LogP contribution in [0.25, 0.3) is 10.2 Å². The minimum absolute atomic E-state index is 0.0659. The Kier molecular flexibility index (Phi) is 3.01. The summed E-state index contributed by atoms with van der Waals surface area (Å²) in [5, 5.41) is 5.44. The maximum absolute atomic E-state index is 12.9. The smallest absolute Gasteiger partial charge is 0.318 e. The first-order valence-corrected chi connectivity index (χ1v) is 6.69. The molecule has 0 unspecified atom stereocenters. The van der Waals surface area contributed by atoms with Crippen molar-refractivity contribution in [2.75, 3.05) is 5.73 Å². The lowest BCUT2D eigenvalue weighted by atomic mass is 10.3. The summed E-state index contributed by atoms with van der Waals surface area (Å²) in [6.45, 7) is 2.27. The van der Waals surface area contributed by atoms with Crippen LogP contribution < -0.4 is 10.5 Å². The molecule has 0 aliphatic rings. The minimum Gasteiger partial charge on any atom is -0.458 e. The highest BCUT2D eigenvalue weighted by molar-refractivity contribution is 7.18. The number of nitrogens with zero attached hydrogens (tertiary/aromatic N) is 4. The molecular formula is C12H12FN5OS. The molecule has 0 bridgehead atoms. The average molecular weight is 293 g/mol. The number of rotatable bonds is 3. The Morgan fingerprint density at radius 2 is 2.30 bits per heavy atom. The fourth-order valence-electron chi connectivity index (χ4n) is 1.89. The van der Waals surface area contributed by atoms with Crippen molar-refractivity contribution in [2.45, 2.75) is 13.5 Å². The quantitative estimate of drug-likeness (QED) is 0.799. The van der Waals surface area contributed by atoms with Gasteiger partial charge in [-0.2, -0.15) is 10.1 Å². The zero-order valence-electron chi connectivity index (χ0n) is 10.9. The highest BCUT2D eigenvalue weighted by Gasteiger charge is 2.11. The molecule has 0 saturated carbocycles. The van der Waals surface area contributed by atoms with Crippen molar-refractivity contribution in [1.29, 1.82) is 0 Å². The summed E-state index contributed by atoms with van der Waals surface area (Å²) in [5.74, 6) is -0.868. The molecule has 0 radical (unpaired) electrons. The Labute approximate surface area is 118 Å². The predicted molar refractivity (Wildman–Crippen MR) is 74.1 cm³/mol. The number of thiophene rings is 1. The van der Waals surface area contributed by atoms with Gasteiger partial charge in [-0.3, -0.25) is 4.68 Å². The van der Waals surface area contributed by atoms with Crippen LogP contribution in [0.15, 0.2) is 12.3 Å². The number of hydrogen-bond acceptors (Lipinski definition) is 6. The van der Waals surface area contributed by atoms with E-state index in [4.69, 9.17) is 10.5 Å². The maximum Gasteiger partial charge on any atom is 0.318 e. The molecule has 3 rings (SSSR count). The molecule has 20 heavy (non-hydrogen) atoms. The van der Waals surface area contributed by atoms with E-state index in [-0.39, 0.29) is 11.8 Å². The number of halogens is 1. The third kappa shape index (κ3) is 2.18. The van der Waals surface area contributed by atoms with Crippen LogP contribution in [0.4, 0.5) is 10.2 Å². The third-order valence-corrected chi connectivity index (χ3v) is 4.02. The molecule has 2 N–H and O–H groups in total. The van der Waals surface area contributed by atoms with Crippen molar-refractivity contribution in [2.24, 2.45) is 7.05 Å². The predicted octanol–water partition coefficient (Wildman–Crippen LogP) is 2.03. The molecule has 104 valence electrons. The molecule has 6 nitrogen and oxygen atoms in total. The van der Waals surface area contributed by atoms with Gasteiger partial charge in [0.2, 0.25) is 0 Å². The molecule has 0 amide bonds. The first-order valence-electron chi connectivity index (χ1n) is 5.87. The van der Waals surface area contributed by atoms with Gasteiger partial charge in [-0.05, 0) is 13.0 Å². The van der Waals surface area contributed by atoms with Gasteiger partial charge in [0, 0.05) is 17.3 Å². The van der Waals surface area contributed by atoms with E-state index in [1.807, 2.05) is 24.7 Å². The number of aryl methyl sites for hydroxylation is 2. The van der Waals surface area contributed by atoms with Crippen LogP contribution in [0.5, 0.6) is 6.01 Å². The van der Waals surface area contributed by atoms with Gasteiger partial charge in [-0.1, -0.05) is 0 Å². The maximum atomic E-state index is 12.9. The summed E-state index contributed by atoms with van der Waals surface area (Å²) in [4.78, 5) is 9.55. The van der Waals surface area contributed by atoms with Crippen LogP contribution in [0.1, 0.15) is 10.6 Å². The monoisotopic (exact) mass is 293 g/mol. The van der Waals surface area contributed by atoms with Crippen LogP contribution in [-0.4, -0.2) is 19.7 Å². The summed E-state index contributed by atoms with van der Waals surface area (Å²) in [7, 11) is 1.90. The van der Waals surface area contributed by atoms with Crippen molar-refractivity contribution in [3.8, 4) is 6.01 Å². The second-order valence-corrected chi connectivity index (χ2v) is 5.43. The molecular weight excluding hydrogens is 281 g/mol. The molecule has 0 saturated heterocycles. The Balaban J connectivity index is 1.79. The number of fused-ring (bicyclic) bond motifs is 1. The van der Waals surface area contributed by atoms with Crippen molar-refractivity contribution in [1.82, 2.24) is 19.7 Å². The minimum atomic E-state index is -0.652. The zero-order valence-corrected chi connectivity index (χ0v) is 11.7. The van der Waals surface area contributed by atoms with Gasteiger partial charge in [-0.25, -0.2) is 9.37 Å². The van der Waals surface area contributed by atoms with Gasteiger partial charge in [0.25, 0.3) is 0 Å². The molecule has 0 spiro atoms. The lowest BCUT2D eigenvalue weighted by Gasteiger charge is -2.03. The van der Waals surface area contributed by atoms with Crippen LogP contribution in [0.3, 0.4) is 0 Å². The van der Waals surface area contributed by atoms with Gasteiger partial charge in [0.1, 0.15) is 11.4 Å². The van der Waals surface area contributed by atoms with Crippen LogP contribution in [0, 0.1) is 12.7 Å². The normalized spacial score (nSPS) is 11.2. The highest BCUT2D eigenvalue weighted by atomic mass is 32.1. The Bertz CT molecular complexity index is 747. The summed E-state index contributed by atoms with van der Waals surface area (Å²) in [6, 6.07) is 2.09. The largest absolute Gasteiger partial charge is 0.458 e. The molecule has 3 heterocycles. The van der Waals surface area contributed by atoms with Crippen molar-refractivity contribution >= 4 is 27.4 Å². The second kappa shape index (κ2) is 4.71. The molecule has 3 aromatic heterocycles. The summed E-state index contributed by atoms with van der Waals surface area (Å²) in [5.41, 5.74) is 6.34. The molecule has 0 aromatic carbocycles. The van der Waals surface area contributed by atoms with Gasteiger partial charge in [0.15, 0.2) is 11.6 Å². The topological polar surface area (TPSA) is 78.8 Å². The molecule has 8 heteroatoms. The van der Waals surface area contributed by atoms with Gasteiger partial charge in [0.05, 0.1) is 11.9 Å². The summed E-state index contributed by atoms with van der Waals surface area (Å²) >= 11 is 1.59. The fourth-order valence-corrected chi connectivity index (χ4v) is 2.93. The van der Waals surface area contributed by atoms with E-state index in [9.17, 15) is 4.39 Å². The highest BCUT2D eigenvalue weighted by Crippen LogP contribution is 2.28. The number of anilines is 1. The molecule has 0 fully saturated rings. The van der Waals surface area contributed by atoms with E-state index in [1.54, 1.807) is 11.3 Å². The lowest BCUT2D eigenvalue weighted by Crippen LogP contribution is -2.02. The van der Waals surface area contributed by atoms with Gasteiger partial charge in [-0.15, -0.1) is 11.3 Å². The van der Waals surface area contributed by atoms with E-state index in [0.29, 0.717) is 6.61 Å². The number of ether oxygens (including phenoxy) is 1. The fraction of sp³-hybridized carbons (Fsp3) is 0.250. The number of nitrogens with two attached hydrogens (primary N) is 1. The van der Waals surface area contributed by atoms with Crippen LogP contribution in [-0.2, 0) is 13.7 Å². The SMILES string of the molecule is Cc1nn(C)c2sc(COc3ncc(F)c(N)n3)cc12. The van der Waals surface area contributed by atoms with Gasteiger partial charge >= 0.3 is 6.01 Å². The van der Waals surface area contributed by atoms with E-state index in [1.165, 1.54) is 0 Å².